The van der Waals surface area contributed by atoms with Gasteiger partial charge in [0, 0.05) is 5.39 Å². The standard InChI is InChI=1S/C14H7F3N4/c15-14(16,17)13-11(8-18)19-20-21(13)12-7-3-5-9-4-1-2-6-10(9)12/h1-7H. The van der Waals surface area contributed by atoms with Crippen LogP contribution in [0.1, 0.15) is 11.4 Å². The second-order valence-corrected chi connectivity index (χ2v) is 4.31. The Bertz CT molecular complexity index is 853. The molecule has 0 amide bonds. The Hall–Kier alpha value is -2.88. The lowest BCUT2D eigenvalue weighted by Crippen LogP contribution is -2.15. The summed E-state index contributed by atoms with van der Waals surface area (Å²) in [5, 5.41) is 17.0. The fraction of sp³-hybridized carbons (Fsp3) is 0.0714. The van der Waals surface area contributed by atoms with Crippen LogP contribution in [-0.4, -0.2) is 15.0 Å². The number of hydrogen-bond donors (Lipinski definition) is 0. The maximum Gasteiger partial charge on any atom is 0.436 e. The highest BCUT2D eigenvalue weighted by atomic mass is 19.4. The van der Waals surface area contributed by atoms with E-state index in [4.69, 9.17) is 5.26 Å². The van der Waals surface area contributed by atoms with E-state index in [1.54, 1.807) is 36.4 Å². The molecule has 7 heteroatoms. The first kappa shape index (κ1) is 13.1. The van der Waals surface area contributed by atoms with Crippen molar-refractivity contribution >= 4 is 10.8 Å². The molecule has 1 aromatic heterocycles. The third kappa shape index (κ3) is 2.10. The SMILES string of the molecule is N#Cc1nnn(-c2cccc3ccccc23)c1C(F)(F)F. The summed E-state index contributed by atoms with van der Waals surface area (Å²) in [6.07, 6.45) is -4.72. The molecule has 0 radical (unpaired) electrons. The zero-order chi connectivity index (χ0) is 15.0. The van der Waals surface area contributed by atoms with Crippen molar-refractivity contribution in [3.8, 4) is 11.8 Å². The van der Waals surface area contributed by atoms with Gasteiger partial charge in [0.2, 0.25) is 0 Å². The van der Waals surface area contributed by atoms with Crippen LogP contribution in [0.2, 0.25) is 0 Å². The van der Waals surface area contributed by atoms with Crippen molar-refractivity contribution < 1.29 is 13.2 Å². The lowest BCUT2D eigenvalue weighted by atomic mass is 10.1. The van der Waals surface area contributed by atoms with Crippen molar-refractivity contribution in [2.75, 3.05) is 0 Å². The summed E-state index contributed by atoms with van der Waals surface area (Å²) < 4.78 is 40.2. The number of aromatic nitrogens is 3. The van der Waals surface area contributed by atoms with Crippen LogP contribution in [0.15, 0.2) is 42.5 Å². The first-order valence-corrected chi connectivity index (χ1v) is 5.93. The zero-order valence-corrected chi connectivity index (χ0v) is 10.5. The van der Waals surface area contributed by atoms with Gasteiger partial charge < -0.3 is 0 Å². The van der Waals surface area contributed by atoms with Crippen LogP contribution in [0.25, 0.3) is 16.5 Å². The molecule has 104 valence electrons. The minimum absolute atomic E-state index is 0.231. The molecule has 3 rings (SSSR count). The molecule has 0 aliphatic carbocycles. The Kier molecular flexibility index (Phi) is 2.87. The van der Waals surface area contributed by atoms with E-state index < -0.39 is 17.6 Å². The van der Waals surface area contributed by atoms with Gasteiger partial charge in [0.05, 0.1) is 5.69 Å². The average molecular weight is 288 g/mol. The van der Waals surface area contributed by atoms with Gasteiger partial charge in [-0.25, -0.2) is 4.68 Å². The van der Waals surface area contributed by atoms with Crippen molar-refractivity contribution in [1.82, 2.24) is 15.0 Å². The molecule has 0 spiro atoms. The van der Waals surface area contributed by atoms with Crippen LogP contribution in [0.5, 0.6) is 0 Å². The fourth-order valence-electron chi connectivity index (χ4n) is 2.17. The molecule has 0 atom stereocenters. The van der Waals surface area contributed by atoms with E-state index in [1.165, 1.54) is 12.1 Å². The van der Waals surface area contributed by atoms with Crippen molar-refractivity contribution in [1.29, 1.82) is 5.26 Å². The van der Waals surface area contributed by atoms with Crippen molar-refractivity contribution in [2.24, 2.45) is 0 Å². The van der Waals surface area contributed by atoms with E-state index in [1.807, 2.05) is 0 Å². The molecule has 0 aliphatic rings. The molecule has 0 N–H and O–H groups in total. The molecule has 0 bridgehead atoms. The molecule has 4 nitrogen and oxygen atoms in total. The topological polar surface area (TPSA) is 54.5 Å². The Labute approximate surface area is 117 Å². The minimum atomic E-state index is -4.72. The van der Waals surface area contributed by atoms with Crippen LogP contribution in [0.4, 0.5) is 13.2 Å². The number of alkyl halides is 3. The second kappa shape index (κ2) is 4.59. The summed E-state index contributed by atoms with van der Waals surface area (Å²) >= 11 is 0. The van der Waals surface area contributed by atoms with E-state index in [0.717, 1.165) is 5.39 Å². The summed E-state index contributed by atoms with van der Waals surface area (Å²) in [5.41, 5.74) is -1.67. The summed E-state index contributed by atoms with van der Waals surface area (Å²) in [6, 6.07) is 13.3. The van der Waals surface area contributed by atoms with Gasteiger partial charge >= 0.3 is 6.18 Å². The van der Waals surface area contributed by atoms with E-state index >= 15 is 0 Å². The number of halogens is 3. The number of rotatable bonds is 1. The van der Waals surface area contributed by atoms with E-state index in [-0.39, 0.29) is 5.69 Å². The highest BCUT2D eigenvalue weighted by Crippen LogP contribution is 2.33. The first-order valence-electron chi connectivity index (χ1n) is 5.93. The lowest BCUT2D eigenvalue weighted by molar-refractivity contribution is -0.143. The fourth-order valence-corrected chi connectivity index (χ4v) is 2.17. The van der Waals surface area contributed by atoms with Crippen LogP contribution in [0, 0.1) is 11.3 Å². The maximum atomic E-state index is 13.2. The third-order valence-corrected chi connectivity index (χ3v) is 3.04. The molecule has 0 aliphatic heterocycles. The van der Waals surface area contributed by atoms with Gasteiger partial charge in [-0.3, -0.25) is 0 Å². The molecule has 0 fully saturated rings. The summed E-state index contributed by atoms with van der Waals surface area (Å²) in [5.74, 6) is 0. The van der Waals surface area contributed by atoms with Gasteiger partial charge in [0.1, 0.15) is 6.07 Å². The molecule has 0 saturated carbocycles. The predicted octanol–water partition coefficient (Wildman–Crippen LogP) is 3.31. The molecule has 1 heterocycles. The van der Waals surface area contributed by atoms with Crippen molar-refractivity contribution in [3.63, 3.8) is 0 Å². The quantitative estimate of drug-likeness (QED) is 0.690. The average Bonchev–Trinajstić information content (AvgIpc) is 2.90. The maximum absolute atomic E-state index is 13.2. The smallest absolute Gasteiger partial charge is 0.206 e. The molecule has 2 aromatic carbocycles. The number of fused-ring (bicyclic) bond motifs is 1. The molecule has 21 heavy (non-hydrogen) atoms. The number of nitrogens with zero attached hydrogens (tertiary/aromatic N) is 4. The summed E-state index contributed by atoms with van der Waals surface area (Å²) in [4.78, 5) is 0. The molecule has 0 unspecified atom stereocenters. The third-order valence-electron chi connectivity index (χ3n) is 3.04. The Morgan fingerprint density at radius 3 is 2.48 bits per heavy atom. The predicted molar refractivity (Wildman–Crippen MR) is 68.6 cm³/mol. The normalized spacial score (nSPS) is 11.5. The van der Waals surface area contributed by atoms with Crippen LogP contribution >= 0.6 is 0 Å². The second-order valence-electron chi connectivity index (χ2n) is 4.31. The molecule has 3 aromatic rings. The van der Waals surface area contributed by atoms with Gasteiger partial charge in [-0.15, -0.1) is 5.10 Å². The minimum Gasteiger partial charge on any atom is -0.206 e. The summed E-state index contributed by atoms with van der Waals surface area (Å²) in [6.45, 7) is 0. The highest BCUT2D eigenvalue weighted by molar-refractivity contribution is 5.90. The van der Waals surface area contributed by atoms with E-state index in [0.29, 0.717) is 10.1 Å². The van der Waals surface area contributed by atoms with Crippen LogP contribution in [0.3, 0.4) is 0 Å². The van der Waals surface area contributed by atoms with Gasteiger partial charge in [0.15, 0.2) is 11.4 Å². The first-order chi connectivity index (χ1) is 10.0. The molecule has 0 saturated heterocycles. The van der Waals surface area contributed by atoms with Crippen molar-refractivity contribution in [3.05, 3.63) is 53.9 Å². The monoisotopic (exact) mass is 288 g/mol. The number of nitriles is 1. The van der Waals surface area contributed by atoms with Gasteiger partial charge in [-0.05, 0) is 11.5 Å². The van der Waals surface area contributed by atoms with Crippen LogP contribution < -0.4 is 0 Å². The van der Waals surface area contributed by atoms with Crippen LogP contribution in [-0.2, 0) is 6.18 Å². The van der Waals surface area contributed by atoms with Crippen molar-refractivity contribution in [2.45, 2.75) is 6.18 Å². The van der Waals surface area contributed by atoms with E-state index in [9.17, 15) is 13.2 Å². The Morgan fingerprint density at radius 1 is 1.05 bits per heavy atom. The molecular formula is C14H7F3N4. The highest BCUT2D eigenvalue weighted by Gasteiger charge is 2.40. The number of benzene rings is 2. The largest absolute Gasteiger partial charge is 0.436 e. The van der Waals surface area contributed by atoms with Gasteiger partial charge in [-0.2, -0.15) is 18.4 Å². The van der Waals surface area contributed by atoms with Gasteiger partial charge in [-0.1, -0.05) is 41.6 Å². The zero-order valence-electron chi connectivity index (χ0n) is 10.5. The Morgan fingerprint density at radius 2 is 1.76 bits per heavy atom. The molecular weight excluding hydrogens is 281 g/mol. The van der Waals surface area contributed by atoms with E-state index in [2.05, 4.69) is 10.3 Å². The number of hydrogen-bond acceptors (Lipinski definition) is 3. The summed E-state index contributed by atoms with van der Waals surface area (Å²) in [7, 11) is 0. The lowest BCUT2D eigenvalue weighted by Gasteiger charge is -2.11. The van der Waals surface area contributed by atoms with Gasteiger partial charge in [0.25, 0.3) is 0 Å². The Balaban J connectivity index is 2.35.